The largest absolute Gasteiger partial charge is 0.492 e. The molecule has 112 valence electrons. The monoisotopic (exact) mass is 297 g/mol. The lowest BCUT2D eigenvalue weighted by Gasteiger charge is -2.06. The van der Waals surface area contributed by atoms with Gasteiger partial charge in [-0.1, -0.05) is 42.5 Å². The average Bonchev–Trinajstić information content (AvgIpc) is 2.79. The van der Waals surface area contributed by atoms with Gasteiger partial charge in [0.25, 0.3) is 0 Å². The molecule has 0 saturated heterocycles. The molecule has 0 spiro atoms. The number of benzene rings is 2. The fraction of sp³-hybridized carbons (Fsp3) is 0.118. The highest BCUT2D eigenvalue weighted by atomic mass is 16.7. The van der Waals surface area contributed by atoms with E-state index in [1.54, 1.807) is 24.3 Å². The van der Waals surface area contributed by atoms with Crippen molar-refractivity contribution in [3.8, 4) is 11.8 Å². The van der Waals surface area contributed by atoms with E-state index in [0.29, 0.717) is 17.2 Å². The predicted molar refractivity (Wildman–Crippen MR) is 81.6 cm³/mol. The van der Waals surface area contributed by atoms with Crippen molar-refractivity contribution in [1.29, 1.82) is 0 Å². The maximum absolute atomic E-state index is 11.9. The molecule has 2 N–H and O–H groups in total. The third-order valence-corrected chi connectivity index (χ3v) is 3.45. The quantitative estimate of drug-likeness (QED) is 0.776. The topological polar surface area (TPSA) is 71.7 Å². The molecule has 5 heteroatoms. The van der Waals surface area contributed by atoms with Crippen molar-refractivity contribution in [1.82, 2.24) is 4.73 Å². The fourth-order valence-corrected chi connectivity index (χ4v) is 2.32. The molecule has 0 aliphatic carbocycles. The maximum atomic E-state index is 11.9. The molecule has 0 bridgehead atoms. The van der Waals surface area contributed by atoms with E-state index in [0.717, 1.165) is 10.3 Å². The molecule has 0 unspecified atom stereocenters. The van der Waals surface area contributed by atoms with E-state index >= 15 is 0 Å². The second-order valence-corrected chi connectivity index (χ2v) is 4.94. The van der Waals surface area contributed by atoms with Crippen LogP contribution in [0.4, 0.5) is 0 Å². The first-order valence-electron chi connectivity index (χ1n) is 6.93. The van der Waals surface area contributed by atoms with E-state index in [1.807, 2.05) is 30.3 Å². The molecule has 0 aliphatic rings. The first-order chi connectivity index (χ1) is 10.7. The van der Waals surface area contributed by atoms with Crippen LogP contribution in [0.15, 0.2) is 54.6 Å². The van der Waals surface area contributed by atoms with E-state index in [2.05, 4.69) is 0 Å². The molecule has 5 nitrogen and oxygen atoms in total. The summed E-state index contributed by atoms with van der Waals surface area (Å²) in [5.41, 5.74) is 1.02. The zero-order valence-electron chi connectivity index (χ0n) is 11.8. The van der Waals surface area contributed by atoms with Crippen LogP contribution in [0.25, 0.3) is 10.8 Å². The van der Waals surface area contributed by atoms with Gasteiger partial charge in [0.15, 0.2) is 0 Å². The molecule has 1 aromatic heterocycles. The molecule has 0 aliphatic heterocycles. The summed E-state index contributed by atoms with van der Waals surface area (Å²) >= 11 is 0. The van der Waals surface area contributed by atoms with Crippen LogP contribution in [0.1, 0.15) is 12.0 Å². The Bertz CT molecular complexity index is 769. The van der Waals surface area contributed by atoms with Crippen LogP contribution in [-0.2, 0) is 11.2 Å². The molecule has 0 amide bonds. The average molecular weight is 297 g/mol. The number of hydrogen-bond acceptors (Lipinski definition) is 4. The first-order valence-corrected chi connectivity index (χ1v) is 6.93. The molecule has 3 rings (SSSR count). The summed E-state index contributed by atoms with van der Waals surface area (Å²) in [4.78, 5) is 17.0. The fourth-order valence-electron chi connectivity index (χ4n) is 2.32. The van der Waals surface area contributed by atoms with Gasteiger partial charge in [0, 0.05) is 0 Å². The summed E-state index contributed by atoms with van der Waals surface area (Å²) in [5, 5.41) is 20.9. The number of carbonyl (C=O) groups excluding carboxylic acids is 1. The van der Waals surface area contributed by atoms with E-state index in [-0.39, 0.29) is 18.2 Å². The van der Waals surface area contributed by atoms with E-state index in [4.69, 9.17) is 4.84 Å². The lowest BCUT2D eigenvalue weighted by molar-refractivity contribution is -0.145. The van der Waals surface area contributed by atoms with Gasteiger partial charge in [-0.25, -0.2) is 4.79 Å². The number of aromatic nitrogens is 1. The van der Waals surface area contributed by atoms with Gasteiger partial charge in [0.1, 0.15) is 0 Å². The molecule has 22 heavy (non-hydrogen) atoms. The number of aromatic hydroxyl groups is 2. The highest BCUT2D eigenvalue weighted by Crippen LogP contribution is 2.34. The highest BCUT2D eigenvalue weighted by molar-refractivity contribution is 5.92. The van der Waals surface area contributed by atoms with E-state index < -0.39 is 5.97 Å². The summed E-state index contributed by atoms with van der Waals surface area (Å²) in [6, 6.07) is 16.3. The lowest BCUT2D eigenvalue weighted by Crippen LogP contribution is -2.19. The normalized spacial score (nSPS) is 10.7. The number of aryl methyl sites for hydroxylation is 1. The third-order valence-electron chi connectivity index (χ3n) is 3.45. The van der Waals surface area contributed by atoms with Crippen molar-refractivity contribution < 1.29 is 19.8 Å². The van der Waals surface area contributed by atoms with Crippen LogP contribution < -0.4 is 4.84 Å². The van der Waals surface area contributed by atoms with Gasteiger partial charge in [0.05, 0.1) is 17.2 Å². The van der Waals surface area contributed by atoms with Crippen LogP contribution in [-0.4, -0.2) is 20.9 Å². The molecule has 1 heterocycles. The van der Waals surface area contributed by atoms with Gasteiger partial charge >= 0.3 is 5.97 Å². The van der Waals surface area contributed by atoms with Crippen LogP contribution >= 0.6 is 0 Å². The van der Waals surface area contributed by atoms with Gasteiger partial charge in [-0.2, -0.15) is 0 Å². The Morgan fingerprint density at radius 1 is 0.909 bits per heavy atom. The Kier molecular flexibility index (Phi) is 3.70. The molecule has 0 atom stereocenters. The number of carbonyl (C=O) groups is 1. The van der Waals surface area contributed by atoms with Crippen LogP contribution in [0, 0.1) is 0 Å². The van der Waals surface area contributed by atoms with Crippen molar-refractivity contribution >= 4 is 16.7 Å². The van der Waals surface area contributed by atoms with Gasteiger partial charge in [0.2, 0.25) is 11.8 Å². The number of hydrogen-bond donors (Lipinski definition) is 2. The Labute approximate surface area is 127 Å². The van der Waals surface area contributed by atoms with E-state index in [1.165, 1.54) is 0 Å². The summed E-state index contributed by atoms with van der Waals surface area (Å²) < 4.78 is 0.762. The van der Waals surface area contributed by atoms with Gasteiger partial charge in [-0.15, -0.1) is 4.73 Å². The Hall–Kier alpha value is -2.95. The predicted octanol–water partition coefficient (Wildman–Crippen LogP) is 2.64. The minimum absolute atomic E-state index is 0.150. The molecule has 0 saturated carbocycles. The lowest BCUT2D eigenvalue weighted by atomic mass is 10.1. The van der Waals surface area contributed by atoms with Crippen molar-refractivity contribution in [2.75, 3.05) is 0 Å². The molecule has 0 fully saturated rings. The van der Waals surface area contributed by atoms with Gasteiger partial charge in [-0.05, 0) is 24.1 Å². The van der Waals surface area contributed by atoms with Crippen molar-refractivity contribution in [3.05, 3.63) is 60.2 Å². The maximum Gasteiger partial charge on any atom is 0.333 e. The Balaban J connectivity index is 1.74. The van der Waals surface area contributed by atoms with Crippen LogP contribution in [0.5, 0.6) is 11.8 Å². The van der Waals surface area contributed by atoms with Crippen molar-refractivity contribution in [3.63, 3.8) is 0 Å². The summed E-state index contributed by atoms with van der Waals surface area (Å²) in [6.07, 6.45) is 0.680. The number of nitrogens with zero attached hydrogens (tertiary/aromatic N) is 1. The standard InChI is InChI=1S/C17H15NO4/c19-15(11-10-12-6-2-1-3-7-12)22-18-16(20)13-8-4-5-9-14(13)17(18)21/h1-9,20-21H,10-11H2. The van der Waals surface area contributed by atoms with Crippen molar-refractivity contribution in [2.45, 2.75) is 12.8 Å². The van der Waals surface area contributed by atoms with Crippen LogP contribution in [0.2, 0.25) is 0 Å². The van der Waals surface area contributed by atoms with Crippen molar-refractivity contribution in [2.24, 2.45) is 0 Å². The van der Waals surface area contributed by atoms with E-state index in [9.17, 15) is 15.0 Å². The van der Waals surface area contributed by atoms with Crippen LogP contribution in [0.3, 0.4) is 0 Å². The highest BCUT2D eigenvalue weighted by Gasteiger charge is 2.18. The number of fused-ring (bicyclic) bond motifs is 1. The van der Waals surface area contributed by atoms with Gasteiger partial charge in [-0.3, -0.25) is 0 Å². The Morgan fingerprint density at radius 3 is 2.05 bits per heavy atom. The molecule has 2 aromatic carbocycles. The second-order valence-electron chi connectivity index (χ2n) is 4.94. The second kappa shape index (κ2) is 5.81. The summed E-state index contributed by atoms with van der Waals surface area (Å²) in [6.45, 7) is 0. The number of rotatable bonds is 4. The summed E-state index contributed by atoms with van der Waals surface area (Å²) in [5.74, 6) is -1.11. The molecule has 0 radical (unpaired) electrons. The molecule has 3 aromatic rings. The molecular weight excluding hydrogens is 282 g/mol. The first kappa shape index (κ1) is 14.0. The zero-order chi connectivity index (χ0) is 15.5. The minimum atomic E-state index is -0.533. The smallest absolute Gasteiger partial charge is 0.333 e. The minimum Gasteiger partial charge on any atom is -0.492 e. The Morgan fingerprint density at radius 2 is 1.45 bits per heavy atom. The third kappa shape index (κ3) is 2.61. The summed E-state index contributed by atoms with van der Waals surface area (Å²) in [7, 11) is 0. The molecular formula is C17H15NO4. The van der Waals surface area contributed by atoms with Gasteiger partial charge < -0.3 is 15.1 Å². The zero-order valence-corrected chi connectivity index (χ0v) is 11.8. The SMILES string of the molecule is O=C(CCc1ccccc1)On1c(O)c2ccccc2c1O.